The molecule has 0 radical (unpaired) electrons. The van der Waals surface area contributed by atoms with Gasteiger partial charge in [-0.3, -0.25) is 9.78 Å². The number of halogens is 5. The van der Waals surface area contributed by atoms with Crippen LogP contribution in [0.5, 0.6) is 0 Å². The molecule has 1 aromatic heterocycles. The second kappa shape index (κ2) is 14.9. The standard InChI is InChI=1S/C32H37F5N2O2.C2H6/c1-6-23(16-21(4)20(2)3)17-24-8-7-9-25(18-24)28(30(19-40)11-13-31(33,34)14-12-30)39-29(41)27-22(5)26(10-15-38-27)32(35,36)37;1-2/h6-10,15-16,18-21,28H,1,11-14,17H2,2-5H3,(H,39,41);1-2H3/b23-16+;. The maximum absolute atomic E-state index is 14.2. The third kappa shape index (κ3) is 9.07. The van der Waals surface area contributed by atoms with Crippen molar-refractivity contribution in [3.05, 3.63) is 88.8 Å². The van der Waals surface area contributed by atoms with Crippen molar-refractivity contribution in [3.63, 3.8) is 0 Å². The van der Waals surface area contributed by atoms with E-state index in [0.717, 1.165) is 30.3 Å². The summed E-state index contributed by atoms with van der Waals surface area (Å²) in [6.45, 7) is 15.4. The quantitative estimate of drug-likeness (QED) is 0.167. The van der Waals surface area contributed by atoms with Gasteiger partial charge >= 0.3 is 6.18 Å². The van der Waals surface area contributed by atoms with Crippen LogP contribution in [0, 0.1) is 24.2 Å². The minimum Gasteiger partial charge on any atom is -0.343 e. The molecular weight excluding hydrogens is 563 g/mol. The molecular formula is C34H43F5N2O2. The highest BCUT2D eigenvalue weighted by atomic mass is 19.4. The molecule has 1 amide bonds. The van der Waals surface area contributed by atoms with Crippen LogP contribution in [-0.4, -0.2) is 23.1 Å². The summed E-state index contributed by atoms with van der Waals surface area (Å²) < 4.78 is 68.9. The lowest BCUT2D eigenvalue weighted by atomic mass is 9.67. The van der Waals surface area contributed by atoms with Crippen LogP contribution in [0.25, 0.3) is 0 Å². The molecule has 9 heteroatoms. The van der Waals surface area contributed by atoms with Crippen molar-refractivity contribution in [1.29, 1.82) is 0 Å². The molecule has 0 aliphatic heterocycles. The van der Waals surface area contributed by atoms with Gasteiger partial charge in [0.1, 0.15) is 12.0 Å². The lowest BCUT2D eigenvalue weighted by molar-refractivity contribution is -0.138. The van der Waals surface area contributed by atoms with Gasteiger partial charge in [0.05, 0.1) is 17.0 Å². The average Bonchev–Trinajstić information content (AvgIpc) is 2.96. The number of alkyl halides is 5. The fourth-order valence-electron chi connectivity index (χ4n) is 5.23. The normalized spacial score (nSPS) is 17.7. The molecule has 1 heterocycles. The number of allylic oxidation sites excluding steroid dienone is 3. The third-order valence-corrected chi connectivity index (χ3v) is 8.21. The Kier molecular flexibility index (Phi) is 12.4. The second-order valence-electron chi connectivity index (χ2n) is 11.4. The Morgan fingerprint density at radius 2 is 1.72 bits per heavy atom. The molecule has 2 unspecified atom stereocenters. The van der Waals surface area contributed by atoms with Crippen molar-refractivity contribution in [3.8, 4) is 0 Å². The number of amides is 1. The molecule has 1 aliphatic carbocycles. The SMILES string of the molecule is C=C/C(=C\C(C)C(C)C)Cc1cccc(C(NC(=O)c2nccc(C(F)(F)F)c2C)C2(C=O)CCC(F)(F)CC2)c1.CC. The van der Waals surface area contributed by atoms with Gasteiger partial charge in [0.25, 0.3) is 5.91 Å². The number of carbonyl (C=O) groups is 2. The summed E-state index contributed by atoms with van der Waals surface area (Å²) in [7, 11) is 0. The second-order valence-corrected chi connectivity index (χ2v) is 11.4. The predicted molar refractivity (Wildman–Crippen MR) is 160 cm³/mol. The first kappa shape index (κ1) is 35.8. The Balaban J connectivity index is 0.00000316. The molecule has 2 atom stereocenters. The van der Waals surface area contributed by atoms with Gasteiger partial charge in [-0.1, -0.05) is 77.6 Å². The van der Waals surface area contributed by atoms with Crippen molar-refractivity contribution < 1.29 is 31.5 Å². The topological polar surface area (TPSA) is 59.1 Å². The van der Waals surface area contributed by atoms with E-state index in [1.165, 1.54) is 0 Å². The van der Waals surface area contributed by atoms with Gasteiger partial charge in [-0.15, -0.1) is 0 Å². The Labute approximate surface area is 251 Å². The molecule has 0 saturated heterocycles. The highest BCUT2D eigenvalue weighted by molar-refractivity contribution is 5.94. The summed E-state index contributed by atoms with van der Waals surface area (Å²) in [4.78, 5) is 29.9. The number of pyridine rings is 1. The average molecular weight is 607 g/mol. The summed E-state index contributed by atoms with van der Waals surface area (Å²) in [6.07, 6.45) is -0.276. The summed E-state index contributed by atoms with van der Waals surface area (Å²) in [5.41, 5.74) is -0.858. The fraction of sp³-hybridized carbons (Fsp3) is 0.500. The van der Waals surface area contributed by atoms with E-state index in [2.05, 4.69) is 43.7 Å². The van der Waals surface area contributed by atoms with Gasteiger partial charge < -0.3 is 10.1 Å². The Bertz CT molecular complexity index is 1290. The van der Waals surface area contributed by atoms with Gasteiger partial charge in [0, 0.05) is 19.0 Å². The molecule has 0 bridgehead atoms. The summed E-state index contributed by atoms with van der Waals surface area (Å²) in [5.74, 6) is -3.15. The van der Waals surface area contributed by atoms with Gasteiger partial charge in [0.15, 0.2) is 0 Å². The van der Waals surface area contributed by atoms with Crippen LogP contribution in [0.3, 0.4) is 0 Å². The Morgan fingerprint density at radius 3 is 2.26 bits per heavy atom. The number of aldehydes is 1. The van der Waals surface area contributed by atoms with E-state index in [1.54, 1.807) is 24.3 Å². The molecule has 0 spiro atoms. The summed E-state index contributed by atoms with van der Waals surface area (Å²) in [6, 6.07) is 6.83. The first-order chi connectivity index (χ1) is 20.1. The smallest absolute Gasteiger partial charge is 0.343 e. The zero-order valence-corrected chi connectivity index (χ0v) is 25.8. The third-order valence-electron chi connectivity index (χ3n) is 8.21. The number of hydrogen-bond donors (Lipinski definition) is 1. The number of carbonyl (C=O) groups excluding carboxylic acids is 2. The highest BCUT2D eigenvalue weighted by Gasteiger charge is 2.49. The number of hydrogen-bond acceptors (Lipinski definition) is 3. The maximum Gasteiger partial charge on any atom is 0.416 e. The lowest BCUT2D eigenvalue weighted by Gasteiger charge is -2.42. The molecule has 1 fully saturated rings. The largest absolute Gasteiger partial charge is 0.416 e. The number of rotatable bonds is 10. The van der Waals surface area contributed by atoms with Crippen molar-refractivity contribution in [2.45, 2.75) is 91.8 Å². The van der Waals surface area contributed by atoms with Crippen LogP contribution < -0.4 is 5.32 Å². The van der Waals surface area contributed by atoms with Gasteiger partial charge in [0.2, 0.25) is 5.92 Å². The number of nitrogens with zero attached hydrogens (tertiary/aromatic N) is 1. The number of nitrogens with one attached hydrogen (secondary N) is 1. The lowest BCUT2D eigenvalue weighted by Crippen LogP contribution is -2.46. The minimum absolute atomic E-state index is 0.197. The number of aromatic nitrogens is 1. The number of benzene rings is 1. The molecule has 236 valence electrons. The Morgan fingerprint density at radius 1 is 1.09 bits per heavy atom. The molecule has 1 aromatic carbocycles. The van der Waals surface area contributed by atoms with Crippen LogP contribution in [0.15, 0.2) is 60.8 Å². The van der Waals surface area contributed by atoms with Crippen LogP contribution in [0.4, 0.5) is 22.0 Å². The van der Waals surface area contributed by atoms with Crippen LogP contribution in [0.2, 0.25) is 0 Å². The van der Waals surface area contributed by atoms with Crippen molar-refractivity contribution >= 4 is 12.2 Å². The van der Waals surface area contributed by atoms with Crippen molar-refractivity contribution in [2.24, 2.45) is 17.3 Å². The molecule has 1 saturated carbocycles. The predicted octanol–water partition coefficient (Wildman–Crippen LogP) is 9.25. The molecule has 1 N–H and O–H groups in total. The zero-order chi connectivity index (χ0) is 32.6. The van der Waals surface area contributed by atoms with E-state index in [4.69, 9.17) is 0 Å². The van der Waals surface area contributed by atoms with Crippen LogP contribution in [-0.2, 0) is 17.4 Å². The first-order valence-corrected chi connectivity index (χ1v) is 14.7. The molecule has 2 aromatic rings. The van der Waals surface area contributed by atoms with Gasteiger partial charge in [-0.05, 0) is 66.4 Å². The Hall–Kier alpha value is -3.36. The van der Waals surface area contributed by atoms with Crippen LogP contribution >= 0.6 is 0 Å². The van der Waals surface area contributed by atoms with E-state index in [-0.39, 0.29) is 18.4 Å². The van der Waals surface area contributed by atoms with E-state index in [9.17, 15) is 31.5 Å². The monoisotopic (exact) mass is 606 g/mol. The van der Waals surface area contributed by atoms with Gasteiger partial charge in [-0.25, -0.2) is 8.78 Å². The van der Waals surface area contributed by atoms with Crippen molar-refractivity contribution in [2.75, 3.05) is 0 Å². The summed E-state index contributed by atoms with van der Waals surface area (Å²) in [5, 5.41) is 2.72. The minimum atomic E-state index is -4.70. The first-order valence-electron chi connectivity index (χ1n) is 14.7. The van der Waals surface area contributed by atoms with E-state index in [1.807, 2.05) is 19.9 Å². The fourth-order valence-corrected chi connectivity index (χ4v) is 5.23. The molecule has 1 aliphatic rings. The van der Waals surface area contributed by atoms with E-state index < -0.39 is 53.6 Å². The van der Waals surface area contributed by atoms with Crippen molar-refractivity contribution in [1.82, 2.24) is 10.3 Å². The molecule has 3 rings (SSSR count). The maximum atomic E-state index is 14.2. The van der Waals surface area contributed by atoms with E-state index >= 15 is 0 Å². The van der Waals surface area contributed by atoms with Crippen LogP contribution in [0.1, 0.15) is 99.1 Å². The highest BCUT2D eigenvalue weighted by Crippen LogP contribution is 2.49. The van der Waals surface area contributed by atoms with E-state index in [0.29, 0.717) is 30.1 Å². The summed E-state index contributed by atoms with van der Waals surface area (Å²) >= 11 is 0. The zero-order valence-electron chi connectivity index (χ0n) is 25.8. The molecule has 43 heavy (non-hydrogen) atoms. The van der Waals surface area contributed by atoms with Gasteiger partial charge in [-0.2, -0.15) is 13.2 Å². The molecule has 4 nitrogen and oxygen atoms in total.